The Balaban J connectivity index is 2.33. The van der Waals surface area contributed by atoms with Gasteiger partial charge in [0, 0.05) is 31.0 Å². The predicted octanol–water partition coefficient (Wildman–Crippen LogP) is 2.63. The summed E-state index contributed by atoms with van der Waals surface area (Å²) in [6, 6.07) is 8.62. The second kappa shape index (κ2) is 10.8. The zero-order chi connectivity index (χ0) is 22.1. The first-order chi connectivity index (χ1) is 14.4. The van der Waals surface area contributed by atoms with Gasteiger partial charge in [-0.3, -0.25) is 19.7 Å². The minimum atomic E-state index is -0.725. The number of nitrogens with zero attached hydrogens (tertiary/aromatic N) is 1. The van der Waals surface area contributed by atoms with Crippen LogP contribution >= 0.6 is 0 Å². The van der Waals surface area contributed by atoms with Gasteiger partial charge in [0.25, 0.3) is 17.5 Å². The molecule has 0 atom stereocenters. The maximum atomic E-state index is 12.8. The number of nitro benzene ring substituents is 1. The maximum Gasteiger partial charge on any atom is 0.286 e. The highest BCUT2D eigenvalue weighted by atomic mass is 16.6. The average molecular weight is 417 g/mol. The molecule has 0 fully saturated rings. The summed E-state index contributed by atoms with van der Waals surface area (Å²) in [7, 11) is 2.86. The van der Waals surface area contributed by atoms with Crippen LogP contribution in [0.1, 0.15) is 27.6 Å². The Morgan fingerprint density at radius 2 is 1.83 bits per heavy atom. The van der Waals surface area contributed by atoms with E-state index in [1.54, 1.807) is 25.1 Å². The van der Waals surface area contributed by atoms with Crippen molar-refractivity contribution >= 4 is 23.2 Å². The van der Waals surface area contributed by atoms with Gasteiger partial charge in [-0.1, -0.05) is 6.07 Å². The van der Waals surface area contributed by atoms with Crippen molar-refractivity contribution in [1.82, 2.24) is 5.32 Å². The molecule has 0 aliphatic carbocycles. The van der Waals surface area contributed by atoms with Crippen molar-refractivity contribution in [3.8, 4) is 11.5 Å². The molecule has 2 aromatic carbocycles. The Labute approximate surface area is 173 Å². The highest BCUT2D eigenvalue weighted by Gasteiger charge is 2.25. The third-order valence-electron chi connectivity index (χ3n) is 3.99. The average Bonchev–Trinajstić information content (AvgIpc) is 2.73. The van der Waals surface area contributed by atoms with Gasteiger partial charge in [-0.25, -0.2) is 0 Å². The fourth-order valence-electron chi connectivity index (χ4n) is 2.59. The van der Waals surface area contributed by atoms with Crippen molar-refractivity contribution in [1.29, 1.82) is 0 Å². The van der Waals surface area contributed by atoms with Gasteiger partial charge in [0.2, 0.25) is 0 Å². The molecule has 30 heavy (non-hydrogen) atoms. The Morgan fingerprint density at radius 3 is 2.47 bits per heavy atom. The van der Waals surface area contributed by atoms with E-state index in [0.717, 1.165) is 6.07 Å². The number of hydrogen-bond donors (Lipinski definition) is 2. The molecule has 2 aromatic rings. The lowest BCUT2D eigenvalue weighted by atomic mass is 10.1. The lowest BCUT2D eigenvalue weighted by Gasteiger charge is -2.13. The van der Waals surface area contributed by atoms with Crippen molar-refractivity contribution < 1.29 is 28.7 Å². The molecule has 2 N–H and O–H groups in total. The van der Waals surface area contributed by atoms with Crippen LogP contribution in [0.2, 0.25) is 0 Å². The number of methoxy groups -OCH3 is 2. The number of nitro groups is 1. The summed E-state index contributed by atoms with van der Waals surface area (Å²) >= 11 is 0. The SMILES string of the molecule is CCNC(=O)c1cccc(NC(=O)c2cc(OC)c(OCCOC)cc2[N+](=O)[O-])c1. The largest absolute Gasteiger partial charge is 0.493 e. The van der Waals surface area contributed by atoms with Crippen molar-refractivity contribution in [3.63, 3.8) is 0 Å². The monoisotopic (exact) mass is 417 g/mol. The predicted molar refractivity (Wildman–Crippen MR) is 109 cm³/mol. The zero-order valence-corrected chi connectivity index (χ0v) is 16.9. The van der Waals surface area contributed by atoms with E-state index in [2.05, 4.69) is 10.6 Å². The number of amides is 2. The van der Waals surface area contributed by atoms with Gasteiger partial charge in [0.15, 0.2) is 11.5 Å². The first-order valence-corrected chi connectivity index (χ1v) is 9.09. The fraction of sp³-hybridized carbons (Fsp3) is 0.300. The molecule has 0 aliphatic heterocycles. The van der Waals surface area contributed by atoms with Crippen LogP contribution in [-0.4, -0.2) is 50.7 Å². The molecule has 0 aromatic heterocycles. The molecule has 0 bridgehead atoms. The van der Waals surface area contributed by atoms with E-state index in [9.17, 15) is 19.7 Å². The molecule has 10 heteroatoms. The topological polar surface area (TPSA) is 129 Å². The van der Waals surface area contributed by atoms with Gasteiger partial charge in [-0.15, -0.1) is 0 Å². The van der Waals surface area contributed by atoms with Gasteiger partial charge in [-0.05, 0) is 25.1 Å². The number of anilines is 1. The quantitative estimate of drug-likeness (QED) is 0.345. The van der Waals surface area contributed by atoms with Gasteiger partial charge in [0.05, 0.1) is 24.7 Å². The summed E-state index contributed by atoms with van der Waals surface area (Å²) in [4.78, 5) is 35.6. The normalized spacial score (nSPS) is 10.2. The number of nitrogens with one attached hydrogen (secondary N) is 2. The van der Waals surface area contributed by atoms with Crippen molar-refractivity contribution in [2.24, 2.45) is 0 Å². The molecular weight excluding hydrogens is 394 g/mol. The molecule has 2 amide bonds. The van der Waals surface area contributed by atoms with Crippen molar-refractivity contribution in [2.75, 3.05) is 39.3 Å². The minimum absolute atomic E-state index is 0.121. The summed E-state index contributed by atoms with van der Waals surface area (Å²) in [5.74, 6) is -0.732. The lowest BCUT2D eigenvalue weighted by molar-refractivity contribution is -0.385. The molecule has 0 spiro atoms. The third kappa shape index (κ3) is 5.67. The van der Waals surface area contributed by atoms with Crippen molar-refractivity contribution in [3.05, 3.63) is 57.6 Å². The standard InChI is InChI=1S/C20H23N3O7/c1-4-21-19(24)13-6-5-7-14(10-13)22-20(25)15-11-17(29-3)18(30-9-8-28-2)12-16(15)23(26)27/h5-7,10-12H,4,8-9H2,1-3H3,(H,21,24)(H,22,25). The Hall–Kier alpha value is -3.66. The third-order valence-corrected chi connectivity index (χ3v) is 3.99. The van der Waals surface area contributed by atoms with Crippen LogP contribution in [0.4, 0.5) is 11.4 Å². The van der Waals surface area contributed by atoms with Crippen LogP contribution in [0.5, 0.6) is 11.5 Å². The highest BCUT2D eigenvalue weighted by Crippen LogP contribution is 2.35. The maximum absolute atomic E-state index is 12.8. The van der Waals surface area contributed by atoms with E-state index in [1.165, 1.54) is 26.4 Å². The minimum Gasteiger partial charge on any atom is -0.493 e. The van der Waals surface area contributed by atoms with Crippen LogP contribution in [0.25, 0.3) is 0 Å². The van der Waals surface area contributed by atoms with Gasteiger partial charge in [-0.2, -0.15) is 0 Å². The number of carbonyl (C=O) groups is 2. The molecule has 0 saturated carbocycles. The van der Waals surface area contributed by atoms with Gasteiger partial charge in [0.1, 0.15) is 12.2 Å². The first kappa shape index (κ1) is 22.6. The van der Waals surface area contributed by atoms with E-state index < -0.39 is 16.5 Å². The number of carbonyl (C=O) groups excluding carboxylic acids is 2. The summed E-state index contributed by atoms with van der Waals surface area (Å²) in [5.41, 5.74) is 0.0148. The second-order valence-electron chi connectivity index (χ2n) is 6.01. The molecule has 0 radical (unpaired) electrons. The summed E-state index contributed by atoms with van der Waals surface area (Å²) < 4.78 is 15.5. The molecule has 160 valence electrons. The van der Waals surface area contributed by atoms with E-state index in [-0.39, 0.29) is 36.2 Å². The zero-order valence-electron chi connectivity index (χ0n) is 16.9. The molecule has 0 saturated heterocycles. The number of hydrogen-bond acceptors (Lipinski definition) is 7. The molecule has 0 unspecified atom stereocenters. The molecule has 0 heterocycles. The molecule has 10 nitrogen and oxygen atoms in total. The first-order valence-electron chi connectivity index (χ1n) is 9.09. The van der Waals surface area contributed by atoms with Gasteiger partial charge >= 0.3 is 0 Å². The van der Waals surface area contributed by atoms with Crippen LogP contribution < -0.4 is 20.1 Å². The van der Waals surface area contributed by atoms with E-state index in [1.807, 2.05) is 0 Å². The van der Waals surface area contributed by atoms with Crippen LogP contribution in [0, 0.1) is 10.1 Å². The van der Waals surface area contributed by atoms with Crippen molar-refractivity contribution in [2.45, 2.75) is 6.92 Å². The second-order valence-corrected chi connectivity index (χ2v) is 6.01. The lowest BCUT2D eigenvalue weighted by Crippen LogP contribution is -2.23. The number of ether oxygens (including phenoxy) is 3. The molecule has 0 aliphatic rings. The number of benzene rings is 2. The van der Waals surface area contributed by atoms with Crippen LogP contribution in [0.3, 0.4) is 0 Å². The highest BCUT2D eigenvalue weighted by molar-refractivity contribution is 6.08. The smallest absolute Gasteiger partial charge is 0.286 e. The van der Waals surface area contributed by atoms with E-state index >= 15 is 0 Å². The summed E-state index contributed by atoms with van der Waals surface area (Å²) in [6.07, 6.45) is 0. The molecule has 2 rings (SSSR count). The molecular formula is C20H23N3O7. The summed E-state index contributed by atoms with van der Waals surface area (Å²) in [5, 5.41) is 16.8. The fourth-order valence-corrected chi connectivity index (χ4v) is 2.59. The Morgan fingerprint density at radius 1 is 1.07 bits per heavy atom. The summed E-state index contributed by atoms with van der Waals surface area (Å²) in [6.45, 7) is 2.68. The van der Waals surface area contributed by atoms with Crippen LogP contribution in [-0.2, 0) is 4.74 Å². The Kier molecular flexibility index (Phi) is 8.12. The van der Waals surface area contributed by atoms with E-state index in [0.29, 0.717) is 17.8 Å². The van der Waals surface area contributed by atoms with E-state index in [4.69, 9.17) is 14.2 Å². The number of rotatable bonds is 10. The van der Waals surface area contributed by atoms with Crippen LogP contribution in [0.15, 0.2) is 36.4 Å². The van der Waals surface area contributed by atoms with Gasteiger partial charge < -0.3 is 24.8 Å². The Bertz CT molecular complexity index is 931.